The number of halogens is 1. The molecule has 0 aromatic heterocycles. The Labute approximate surface area is 79.7 Å². The number of ether oxygens (including phenoxy) is 2. The van der Waals surface area contributed by atoms with Crippen LogP contribution in [0.1, 0.15) is 0 Å². The highest BCUT2D eigenvalue weighted by molar-refractivity contribution is 14.1. The SMILES string of the molecule is COc1[c]cc(OC)c(I)c1. The van der Waals surface area contributed by atoms with Crippen molar-refractivity contribution in [3.63, 3.8) is 0 Å². The lowest BCUT2D eigenvalue weighted by molar-refractivity contribution is 0.400. The average Bonchev–Trinajstić information content (AvgIpc) is 2.04. The van der Waals surface area contributed by atoms with Gasteiger partial charge in [0.05, 0.1) is 17.8 Å². The largest absolute Gasteiger partial charge is 0.496 e. The molecule has 0 aliphatic rings. The third-order valence-electron chi connectivity index (χ3n) is 1.28. The van der Waals surface area contributed by atoms with E-state index in [4.69, 9.17) is 9.47 Å². The zero-order valence-electron chi connectivity index (χ0n) is 6.35. The van der Waals surface area contributed by atoms with Gasteiger partial charge >= 0.3 is 0 Å². The number of methoxy groups -OCH3 is 2. The maximum atomic E-state index is 5.05. The van der Waals surface area contributed by atoms with Gasteiger partial charge in [0.2, 0.25) is 0 Å². The van der Waals surface area contributed by atoms with Gasteiger partial charge in [-0.3, -0.25) is 0 Å². The fraction of sp³-hybridized carbons (Fsp3) is 0.250. The molecule has 1 radical (unpaired) electrons. The van der Waals surface area contributed by atoms with E-state index >= 15 is 0 Å². The van der Waals surface area contributed by atoms with Crippen LogP contribution in [0.15, 0.2) is 12.1 Å². The molecular weight excluding hydrogens is 255 g/mol. The summed E-state index contributed by atoms with van der Waals surface area (Å²) < 4.78 is 11.1. The summed E-state index contributed by atoms with van der Waals surface area (Å²) >= 11 is 2.18. The summed E-state index contributed by atoms with van der Waals surface area (Å²) in [6, 6.07) is 6.57. The van der Waals surface area contributed by atoms with Crippen LogP contribution in [0.3, 0.4) is 0 Å². The highest BCUT2D eigenvalue weighted by Gasteiger charge is 2.00. The van der Waals surface area contributed by atoms with Crippen LogP contribution >= 0.6 is 22.6 Å². The van der Waals surface area contributed by atoms with Crippen LogP contribution in [-0.2, 0) is 0 Å². The minimum absolute atomic E-state index is 0.732. The predicted molar refractivity (Wildman–Crippen MR) is 51.1 cm³/mol. The van der Waals surface area contributed by atoms with Gasteiger partial charge in [0.1, 0.15) is 11.5 Å². The topological polar surface area (TPSA) is 18.5 Å². The molecule has 0 saturated carbocycles. The summed E-state index contributed by atoms with van der Waals surface area (Å²) in [4.78, 5) is 0. The third-order valence-corrected chi connectivity index (χ3v) is 2.12. The van der Waals surface area contributed by atoms with E-state index in [0.717, 1.165) is 15.1 Å². The van der Waals surface area contributed by atoms with E-state index in [2.05, 4.69) is 28.7 Å². The van der Waals surface area contributed by atoms with Crippen molar-refractivity contribution in [3.05, 3.63) is 21.8 Å². The molecule has 0 aliphatic carbocycles. The molecule has 0 atom stereocenters. The molecule has 0 amide bonds. The van der Waals surface area contributed by atoms with E-state index < -0.39 is 0 Å². The van der Waals surface area contributed by atoms with Gasteiger partial charge in [-0.15, -0.1) is 0 Å². The molecule has 59 valence electrons. The van der Waals surface area contributed by atoms with Gasteiger partial charge in [-0.05, 0) is 34.7 Å². The van der Waals surface area contributed by atoms with E-state index in [1.165, 1.54) is 0 Å². The predicted octanol–water partition coefficient (Wildman–Crippen LogP) is 2.11. The molecule has 11 heavy (non-hydrogen) atoms. The molecule has 0 fully saturated rings. The maximum Gasteiger partial charge on any atom is 0.133 e. The van der Waals surface area contributed by atoms with Gasteiger partial charge in [0.15, 0.2) is 0 Å². The molecule has 0 saturated heterocycles. The van der Waals surface area contributed by atoms with Crippen LogP contribution in [0.5, 0.6) is 11.5 Å². The Morgan fingerprint density at radius 2 is 2.09 bits per heavy atom. The van der Waals surface area contributed by atoms with Crippen molar-refractivity contribution in [3.8, 4) is 11.5 Å². The Morgan fingerprint density at radius 3 is 2.55 bits per heavy atom. The molecule has 0 unspecified atom stereocenters. The third kappa shape index (κ3) is 1.99. The summed E-state index contributed by atoms with van der Waals surface area (Å²) in [6.07, 6.45) is 0. The van der Waals surface area contributed by atoms with Crippen molar-refractivity contribution < 1.29 is 9.47 Å². The molecule has 0 bridgehead atoms. The van der Waals surface area contributed by atoms with Crippen LogP contribution in [-0.4, -0.2) is 14.2 Å². The molecular formula is C8H8IO2. The van der Waals surface area contributed by atoms with E-state index in [1.54, 1.807) is 20.3 Å². The summed E-state index contributed by atoms with van der Waals surface area (Å²) in [5.74, 6) is 1.56. The Bertz CT molecular complexity index is 248. The maximum absolute atomic E-state index is 5.05. The van der Waals surface area contributed by atoms with Crippen molar-refractivity contribution in [2.24, 2.45) is 0 Å². The molecule has 0 spiro atoms. The number of rotatable bonds is 2. The van der Waals surface area contributed by atoms with Crippen LogP contribution in [0.2, 0.25) is 0 Å². The Kier molecular flexibility index (Phi) is 2.99. The molecule has 2 nitrogen and oxygen atoms in total. The second-order valence-electron chi connectivity index (χ2n) is 1.92. The number of hydrogen-bond acceptors (Lipinski definition) is 2. The van der Waals surface area contributed by atoms with E-state index in [1.807, 2.05) is 6.07 Å². The summed E-state index contributed by atoms with van der Waals surface area (Å²) in [6.45, 7) is 0. The Morgan fingerprint density at radius 1 is 1.36 bits per heavy atom. The Balaban J connectivity index is 2.99. The zero-order chi connectivity index (χ0) is 8.27. The standard InChI is InChI=1S/C8H8IO2/c1-10-6-3-4-8(11-2)7(9)5-6/h4-5H,1-2H3. The highest BCUT2D eigenvalue weighted by atomic mass is 127. The van der Waals surface area contributed by atoms with Crippen LogP contribution in [0, 0.1) is 9.64 Å². The lowest BCUT2D eigenvalue weighted by Crippen LogP contribution is -1.88. The second kappa shape index (κ2) is 3.80. The van der Waals surface area contributed by atoms with Crippen LogP contribution in [0.25, 0.3) is 0 Å². The minimum atomic E-state index is 0.732. The first-order chi connectivity index (χ1) is 5.27. The van der Waals surface area contributed by atoms with Crippen LogP contribution < -0.4 is 9.47 Å². The Hall–Kier alpha value is -0.450. The summed E-state index contributed by atoms with van der Waals surface area (Å²) in [7, 11) is 3.26. The van der Waals surface area contributed by atoms with E-state index in [9.17, 15) is 0 Å². The average molecular weight is 263 g/mol. The highest BCUT2D eigenvalue weighted by Crippen LogP contribution is 2.24. The first kappa shape index (κ1) is 8.64. The monoisotopic (exact) mass is 263 g/mol. The van der Waals surface area contributed by atoms with E-state index in [-0.39, 0.29) is 0 Å². The lowest BCUT2D eigenvalue weighted by atomic mass is 10.3. The van der Waals surface area contributed by atoms with Gasteiger partial charge in [-0.1, -0.05) is 0 Å². The molecule has 0 N–H and O–H groups in total. The van der Waals surface area contributed by atoms with Gasteiger partial charge < -0.3 is 9.47 Å². The quantitative estimate of drug-likeness (QED) is 0.761. The van der Waals surface area contributed by atoms with Gasteiger partial charge in [-0.25, -0.2) is 0 Å². The second-order valence-corrected chi connectivity index (χ2v) is 3.08. The van der Waals surface area contributed by atoms with Crippen molar-refractivity contribution >= 4 is 22.6 Å². The smallest absolute Gasteiger partial charge is 0.133 e. The van der Waals surface area contributed by atoms with Crippen molar-refractivity contribution in [2.75, 3.05) is 14.2 Å². The summed E-state index contributed by atoms with van der Waals surface area (Å²) in [5, 5.41) is 0. The fourth-order valence-corrected chi connectivity index (χ4v) is 1.37. The molecule has 1 aromatic carbocycles. The van der Waals surface area contributed by atoms with E-state index in [0.29, 0.717) is 0 Å². The summed E-state index contributed by atoms with van der Waals surface area (Å²) in [5.41, 5.74) is 0. The van der Waals surface area contributed by atoms with Crippen molar-refractivity contribution in [1.82, 2.24) is 0 Å². The first-order valence-corrected chi connectivity index (χ1v) is 4.15. The molecule has 1 rings (SSSR count). The van der Waals surface area contributed by atoms with Gasteiger partial charge in [0, 0.05) is 6.07 Å². The zero-order valence-corrected chi connectivity index (χ0v) is 8.51. The lowest BCUT2D eigenvalue weighted by Gasteiger charge is -2.03. The number of benzene rings is 1. The van der Waals surface area contributed by atoms with Gasteiger partial charge in [-0.2, -0.15) is 0 Å². The molecule has 0 heterocycles. The normalized spacial score (nSPS) is 9.36. The number of hydrogen-bond donors (Lipinski definition) is 0. The molecule has 3 heteroatoms. The van der Waals surface area contributed by atoms with Crippen molar-refractivity contribution in [2.45, 2.75) is 0 Å². The van der Waals surface area contributed by atoms with Crippen LogP contribution in [0.4, 0.5) is 0 Å². The minimum Gasteiger partial charge on any atom is -0.496 e. The molecule has 0 aliphatic heterocycles. The van der Waals surface area contributed by atoms with Crippen molar-refractivity contribution in [1.29, 1.82) is 0 Å². The molecule has 1 aromatic rings. The van der Waals surface area contributed by atoms with Gasteiger partial charge in [0.25, 0.3) is 0 Å². The fourth-order valence-electron chi connectivity index (χ4n) is 0.708. The first-order valence-electron chi connectivity index (χ1n) is 3.07.